The Morgan fingerprint density at radius 3 is 2.53 bits per heavy atom. The normalized spacial score (nSPS) is 9.21. The van der Waals surface area contributed by atoms with Gasteiger partial charge in [-0.15, -0.1) is 24.8 Å². The van der Waals surface area contributed by atoms with Gasteiger partial charge >= 0.3 is 0 Å². The molecule has 0 saturated heterocycles. The first kappa shape index (κ1) is 20.8. The SMILES string of the molecule is CCSC(=N)Nc1ccc(CCN)cc1CN.Cl.Cl. The molecule has 7 heteroatoms. The van der Waals surface area contributed by atoms with Crippen molar-refractivity contribution in [1.29, 1.82) is 5.41 Å². The van der Waals surface area contributed by atoms with E-state index >= 15 is 0 Å². The van der Waals surface area contributed by atoms with Crippen LogP contribution in [0.4, 0.5) is 5.69 Å². The zero-order valence-electron chi connectivity index (χ0n) is 10.9. The van der Waals surface area contributed by atoms with Crippen molar-refractivity contribution in [3.8, 4) is 0 Å². The Morgan fingerprint density at radius 2 is 2.00 bits per heavy atom. The molecule has 0 heterocycles. The number of anilines is 1. The van der Waals surface area contributed by atoms with Crippen LogP contribution in [-0.2, 0) is 13.0 Å². The molecule has 0 atom stereocenters. The number of halogens is 2. The first-order valence-corrected chi connectivity index (χ1v) is 6.70. The first-order chi connectivity index (χ1) is 8.21. The molecule has 4 nitrogen and oxygen atoms in total. The number of hydrogen-bond acceptors (Lipinski definition) is 4. The molecular formula is C12H22Cl2N4S. The summed E-state index contributed by atoms with van der Waals surface area (Å²) in [5.74, 6) is 0.884. The van der Waals surface area contributed by atoms with Gasteiger partial charge < -0.3 is 16.8 Å². The van der Waals surface area contributed by atoms with Crippen LogP contribution in [0.3, 0.4) is 0 Å². The van der Waals surface area contributed by atoms with E-state index in [1.807, 2.05) is 19.1 Å². The molecule has 6 N–H and O–H groups in total. The van der Waals surface area contributed by atoms with Crippen LogP contribution in [0.2, 0.25) is 0 Å². The number of thioether (sulfide) groups is 1. The fraction of sp³-hybridized carbons (Fsp3) is 0.417. The Morgan fingerprint density at radius 1 is 1.32 bits per heavy atom. The van der Waals surface area contributed by atoms with E-state index in [9.17, 15) is 0 Å². The lowest BCUT2D eigenvalue weighted by Crippen LogP contribution is -2.11. The standard InChI is InChI=1S/C12H20N4S.2ClH/c1-2-17-12(15)16-11-4-3-9(5-6-13)7-10(11)8-14;;/h3-4,7H,2,5-6,8,13-14H2,1H3,(H2,15,16);2*1H. The summed E-state index contributed by atoms with van der Waals surface area (Å²) in [5.41, 5.74) is 14.4. The summed E-state index contributed by atoms with van der Waals surface area (Å²) in [6, 6.07) is 6.05. The molecule has 0 radical (unpaired) electrons. The number of amidine groups is 1. The predicted octanol–water partition coefficient (Wildman–Crippen LogP) is 2.59. The average Bonchev–Trinajstić information content (AvgIpc) is 2.31. The maximum Gasteiger partial charge on any atom is 0.158 e. The average molecular weight is 325 g/mol. The molecule has 0 bridgehead atoms. The molecule has 1 aromatic rings. The lowest BCUT2D eigenvalue weighted by molar-refractivity contribution is 0.959. The predicted molar refractivity (Wildman–Crippen MR) is 91.1 cm³/mol. The van der Waals surface area contributed by atoms with Crippen LogP contribution < -0.4 is 16.8 Å². The van der Waals surface area contributed by atoms with Crippen molar-refractivity contribution in [3.63, 3.8) is 0 Å². The van der Waals surface area contributed by atoms with E-state index in [1.165, 1.54) is 17.3 Å². The van der Waals surface area contributed by atoms with E-state index in [0.717, 1.165) is 23.4 Å². The maximum absolute atomic E-state index is 7.72. The Bertz CT molecular complexity index is 388. The van der Waals surface area contributed by atoms with Crippen molar-refractivity contribution in [3.05, 3.63) is 29.3 Å². The molecule has 1 rings (SSSR count). The van der Waals surface area contributed by atoms with Crippen molar-refractivity contribution < 1.29 is 0 Å². The van der Waals surface area contributed by atoms with Crippen LogP contribution in [0.1, 0.15) is 18.1 Å². The van der Waals surface area contributed by atoms with Crippen molar-refractivity contribution in [2.24, 2.45) is 11.5 Å². The zero-order valence-corrected chi connectivity index (χ0v) is 13.4. The molecule has 0 aromatic heterocycles. The monoisotopic (exact) mass is 324 g/mol. The minimum Gasteiger partial charge on any atom is -0.335 e. The van der Waals surface area contributed by atoms with E-state index < -0.39 is 0 Å². The zero-order chi connectivity index (χ0) is 12.7. The van der Waals surface area contributed by atoms with Gasteiger partial charge in [0.1, 0.15) is 0 Å². The third-order valence-electron chi connectivity index (χ3n) is 2.36. The minimum absolute atomic E-state index is 0. The number of benzene rings is 1. The van der Waals surface area contributed by atoms with Crippen molar-refractivity contribution in [2.45, 2.75) is 19.9 Å². The molecule has 0 unspecified atom stereocenters. The molecule has 0 amide bonds. The fourth-order valence-electron chi connectivity index (χ4n) is 1.56. The number of rotatable bonds is 5. The maximum atomic E-state index is 7.72. The second-order valence-corrected chi connectivity index (χ2v) is 4.90. The summed E-state index contributed by atoms with van der Waals surface area (Å²) in [6.07, 6.45) is 0.856. The van der Waals surface area contributed by atoms with Gasteiger partial charge in [-0.1, -0.05) is 30.8 Å². The summed E-state index contributed by atoms with van der Waals surface area (Å²) in [6.45, 7) is 3.12. The van der Waals surface area contributed by atoms with Gasteiger partial charge in [-0.05, 0) is 35.9 Å². The van der Waals surface area contributed by atoms with E-state index in [-0.39, 0.29) is 24.8 Å². The highest BCUT2D eigenvalue weighted by Crippen LogP contribution is 2.19. The highest BCUT2D eigenvalue weighted by atomic mass is 35.5. The van der Waals surface area contributed by atoms with Crippen LogP contribution in [0, 0.1) is 5.41 Å². The molecule has 110 valence electrons. The van der Waals surface area contributed by atoms with Gasteiger partial charge in [0.05, 0.1) is 0 Å². The number of nitrogens with one attached hydrogen (secondary N) is 2. The third-order valence-corrected chi connectivity index (χ3v) is 3.04. The lowest BCUT2D eigenvalue weighted by Gasteiger charge is -2.12. The van der Waals surface area contributed by atoms with Gasteiger partial charge in [0, 0.05) is 12.2 Å². The second-order valence-electron chi connectivity index (χ2n) is 3.62. The van der Waals surface area contributed by atoms with Crippen molar-refractivity contribution in [2.75, 3.05) is 17.6 Å². The topological polar surface area (TPSA) is 87.9 Å². The van der Waals surface area contributed by atoms with Gasteiger partial charge in [-0.2, -0.15) is 0 Å². The highest BCUT2D eigenvalue weighted by molar-refractivity contribution is 8.14. The molecular weight excluding hydrogens is 303 g/mol. The van der Waals surface area contributed by atoms with Crippen LogP contribution >= 0.6 is 36.6 Å². The van der Waals surface area contributed by atoms with E-state index in [2.05, 4.69) is 11.4 Å². The third kappa shape index (κ3) is 7.03. The Labute approximate surface area is 131 Å². The van der Waals surface area contributed by atoms with Crippen molar-refractivity contribution >= 4 is 47.4 Å². The summed E-state index contributed by atoms with van der Waals surface area (Å²) in [4.78, 5) is 0. The Kier molecular flexibility index (Phi) is 12.5. The van der Waals surface area contributed by atoms with Crippen LogP contribution in [-0.4, -0.2) is 17.5 Å². The summed E-state index contributed by atoms with van der Waals surface area (Å²) >= 11 is 1.47. The van der Waals surface area contributed by atoms with Gasteiger partial charge in [0.2, 0.25) is 0 Å². The van der Waals surface area contributed by atoms with Crippen LogP contribution in [0.15, 0.2) is 18.2 Å². The smallest absolute Gasteiger partial charge is 0.158 e. The van der Waals surface area contributed by atoms with Gasteiger partial charge in [-0.3, -0.25) is 5.41 Å². The van der Waals surface area contributed by atoms with E-state index in [4.69, 9.17) is 16.9 Å². The Hall–Kier alpha value is -0.460. The van der Waals surface area contributed by atoms with Crippen molar-refractivity contribution in [1.82, 2.24) is 0 Å². The van der Waals surface area contributed by atoms with E-state index in [0.29, 0.717) is 18.3 Å². The molecule has 0 saturated carbocycles. The fourth-order valence-corrected chi connectivity index (χ4v) is 2.03. The number of nitrogens with two attached hydrogens (primary N) is 2. The molecule has 0 aliphatic carbocycles. The molecule has 1 aromatic carbocycles. The molecule has 0 aliphatic heterocycles. The summed E-state index contributed by atoms with van der Waals surface area (Å²) < 4.78 is 0. The number of hydrogen-bond donors (Lipinski definition) is 4. The largest absolute Gasteiger partial charge is 0.335 e. The molecule has 0 spiro atoms. The molecule has 0 fully saturated rings. The van der Waals surface area contributed by atoms with Crippen LogP contribution in [0.5, 0.6) is 0 Å². The lowest BCUT2D eigenvalue weighted by atomic mass is 10.1. The first-order valence-electron chi connectivity index (χ1n) is 5.71. The Balaban J connectivity index is 0. The summed E-state index contributed by atoms with van der Waals surface area (Å²) in [5, 5.41) is 11.2. The molecule has 0 aliphatic rings. The van der Waals surface area contributed by atoms with Gasteiger partial charge in [0.15, 0.2) is 5.17 Å². The van der Waals surface area contributed by atoms with Crippen LogP contribution in [0.25, 0.3) is 0 Å². The van der Waals surface area contributed by atoms with Gasteiger partial charge in [0.25, 0.3) is 0 Å². The summed E-state index contributed by atoms with van der Waals surface area (Å²) in [7, 11) is 0. The quantitative estimate of drug-likeness (QED) is 0.495. The minimum atomic E-state index is 0. The molecule has 19 heavy (non-hydrogen) atoms. The van der Waals surface area contributed by atoms with E-state index in [1.54, 1.807) is 0 Å². The highest BCUT2D eigenvalue weighted by Gasteiger charge is 2.04. The van der Waals surface area contributed by atoms with Gasteiger partial charge in [-0.25, -0.2) is 0 Å². The second kappa shape index (κ2) is 11.4.